The number of ether oxygens (including phenoxy) is 4. The molecule has 42 heavy (non-hydrogen) atoms. The van der Waals surface area contributed by atoms with E-state index in [1.54, 1.807) is 39.0 Å². The van der Waals surface area contributed by atoms with Gasteiger partial charge in [0.15, 0.2) is 17.5 Å². The molecule has 3 fully saturated rings. The first kappa shape index (κ1) is 30.3. The molecular formula is C31H38O11. The first-order valence-corrected chi connectivity index (χ1v) is 14.1. The minimum atomic E-state index is -2.11. The molecule has 2 saturated carbocycles. The lowest BCUT2D eigenvalue weighted by molar-refractivity contribution is -0.345. The minimum absolute atomic E-state index is 0.110. The Morgan fingerprint density at radius 1 is 1.00 bits per heavy atom. The number of ketones is 1. The Morgan fingerprint density at radius 3 is 2.19 bits per heavy atom. The van der Waals surface area contributed by atoms with Crippen molar-refractivity contribution in [2.45, 2.75) is 96.1 Å². The molecular weight excluding hydrogens is 548 g/mol. The van der Waals surface area contributed by atoms with Crippen molar-refractivity contribution in [2.24, 2.45) is 16.7 Å². The summed E-state index contributed by atoms with van der Waals surface area (Å²) in [4.78, 5) is 53.4. The summed E-state index contributed by atoms with van der Waals surface area (Å²) in [6.45, 7) is 8.42. The van der Waals surface area contributed by atoms with Gasteiger partial charge < -0.3 is 34.3 Å². The topological polar surface area (TPSA) is 166 Å². The number of carbonyl (C=O) groups is 4. The summed E-state index contributed by atoms with van der Waals surface area (Å²) in [5, 5.41) is 35.8. The minimum Gasteiger partial charge on any atom is -0.455 e. The summed E-state index contributed by atoms with van der Waals surface area (Å²) in [5.74, 6) is -4.41. The Balaban J connectivity index is 1.84. The number of aliphatic hydroxyl groups excluding tert-OH is 2. The van der Waals surface area contributed by atoms with Gasteiger partial charge in [0.2, 0.25) is 0 Å². The Labute approximate surface area is 243 Å². The number of Topliss-reactive ketones (excluding diaryl/α,β-unsaturated/α-hetero) is 1. The van der Waals surface area contributed by atoms with E-state index < -0.39 is 82.2 Å². The Hall–Kier alpha value is -3.12. The summed E-state index contributed by atoms with van der Waals surface area (Å²) in [6, 6.07) is 8.05. The van der Waals surface area contributed by atoms with E-state index in [9.17, 15) is 34.5 Å². The van der Waals surface area contributed by atoms with Crippen LogP contribution in [-0.2, 0) is 33.3 Å². The number of aliphatic hydroxyl groups is 3. The highest BCUT2D eigenvalue weighted by Gasteiger charge is 2.78. The maximum atomic E-state index is 14.8. The second-order valence-corrected chi connectivity index (χ2v) is 12.8. The van der Waals surface area contributed by atoms with Gasteiger partial charge in [-0.2, -0.15) is 0 Å². The van der Waals surface area contributed by atoms with Crippen molar-refractivity contribution < 1.29 is 53.4 Å². The SMILES string of the molecule is CC(=O)O[C@H]1C(=O)[C@@]2(C)C(C(OC(=O)c3ccccc3)[C@]3(O)C[C@H](O)C(C)=C1C3(C)C)[C@]1(OC(C)=O)COC1C[C@@H]2O. The lowest BCUT2D eigenvalue weighted by Gasteiger charge is -2.67. The summed E-state index contributed by atoms with van der Waals surface area (Å²) >= 11 is 0. The molecule has 1 aromatic carbocycles. The Bertz CT molecular complexity index is 1350. The molecule has 9 atom stereocenters. The van der Waals surface area contributed by atoms with Crippen LogP contribution < -0.4 is 0 Å². The van der Waals surface area contributed by atoms with E-state index >= 15 is 0 Å². The van der Waals surface area contributed by atoms with Crippen LogP contribution in [0.25, 0.3) is 0 Å². The lowest BCUT2D eigenvalue weighted by atomic mass is 9.44. The molecule has 1 aromatic rings. The van der Waals surface area contributed by atoms with Gasteiger partial charge in [0, 0.05) is 32.1 Å². The molecule has 228 valence electrons. The van der Waals surface area contributed by atoms with Crippen molar-refractivity contribution in [3.8, 4) is 0 Å². The second-order valence-electron chi connectivity index (χ2n) is 12.8. The molecule has 1 aliphatic heterocycles. The zero-order valence-corrected chi connectivity index (χ0v) is 24.6. The monoisotopic (exact) mass is 586 g/mol. The quantitative estimate of drug-likeness (QED) is 0.267. The van der Waals surface area contributed by atoms with Crippen molar-refractivity contribution >= 4 is 23.7 Å². The highest BCUT2D eigenvalue weighted by atomic mass is 16.6. The molecule has 11 nitrogen and oxygen atoms in total. The van der Waals surface area contributed by atoms with Crippen molar-refractivity contribution in [3.05, 3.63) is 47.0 Å². The Kier molecular flexibility index (Phi) is 7.20. The average molecular weight is 587 g/mol. The highest BCUT2D eigenvalue weighted by molar-refractivity contribution is 5.95. The van der Waals surface area contributed by atoms with Crippen LogP contribution >= 0.6 is 0 Å². The van der Waals surface area contributed by atoms with Crippen LogP contribution in [0.5, 0.6) is 0 Å². The average Bonchev–Trinajstić information content (AvgIpc) is 2.90. The van der Waals surface area contributed by atoms with E-state index in [1.807, 2.05) is 0 Å². The molecule has 2 bridgehead atoms. The van der Waals surface area contributed by atoms with Crippen molar-refractivity contribution in [1.29, 1.82) is 0 Å². The fourth-order valence-corrected chi connectivity index (χ4v) is 7.91. The molecule has 0 radical (unpaired) electrons. The normalized spacial score (nSPS) is 40.4. The van der Waals surface area contributed by atoms with E-state index in [4.69, 9.17) is 18.9 Å². The van der Waals surface area contributed by atoms with Crippen LogP contribution in [0.3, 0.4) is 0 Å². The number of hydrogen-bond donors (Lipinski definition) is 3. The van der Waals surface area contributed by atoms with Gasteiger partial charge in [-0.3, -0.25) is 14.4 Å². The molecule has 3 aliphatic carbocycles. The number of esters is 3. The molecule has 1 saturated heterocycles. The molecule has 4 aliphatic rings. The fraction of sp³-hybridized carbons (Fsp3) is 0.613. The van der Waals surface area contributed by atoms with E-state index in [0.717, 1.165) is 6.92 Å². The van der Waals surface area contributed by atoms with E-state index in [2.05, 4.69) is 0 Å². The van der Waals surface area contributed by atoms with E-state index in [1.165, 1.54) is 26.0 Å². The zero-order chi connectivity index (χ0) is 31.0. The smallest absolute Gasteiger partial charge is 0.338 e. The molecule has 0 amide bonds. The van der Waals surface area contributed by atoms with Crippen molar-refractivity contribution in [2.75, 3.05) is 6.61 Å². The number of fused-ring (bicyclic) bond motifs is 5. The Morgan fingerprint density at radius 2 is 1.64 bits per heavy atom. The predicted octanol–water partition coefficient (Wildman–Crippen LogP) is 1.65. The molecule has 0 aromatic heterocycles. The van der Waals surface area contributed by atoms with E-state index in [-0.39, 0.29) is 30.6 Å². The van der Waals surface area contributed by atoms with E-state index in [0.29, 0.717) is 5.57 Å². The largest absolute Gasteiger partial charge is 0.455 e. The molecule has 5 rings (SSSR count). The van der Waals surface area contributed by atoms with Crippen LogP contribution in [0.1, 0.15) is 64.7 Å². The molecule has 0 spiro atoms. The maximum Gasteiger partial charge on any atom is 0.338 e. The van der Waals surface area contributed by atoms with Crippen LogP contribution in [0.2, 0.25) is 0 Å². The van der Waals surface area contributed by atoms with Gasteiger partial charge in [-0.15, -0.1) is 0 Å². The summed E-state index contributed by atoms with van der Waals surface area (Å²) in [6.07, 6.45) is -7.27. The van der Waals surface area contributed by atoms with Gasteiger partial charge in [-0.05, 0) is 37.1 Å². The van der Waals surface area contributed by atoms with Crippen LogP contribution in [-0.4, -0.2) is 87.3 Å². The van der Waals surface area contributed by atoms with Gasteiger partial charge in [-0.25, -0.2) is 4.79 Å². The van der Waals surface area contributed by atoms with Crippen LogP contribution in [0.4, 0.5) is 0 Å². The number of carbonyl (C=O) groups excluding carboxylic acids is 4. The summed E-state index contributed by atoms with van der Waals surface area (Å²) in [7, 11) is 0. The van der Waals surface area contributed by atoms with Crippen LogP contribution in [0, 0.1) is 16.7 Å². The molecule has 3 N–H and O–H groups in total. The fourth-order valence-electron chi connectivity index (χ4n) is 7.91. The van der Waals surface area contributed by atoms with Gasteiger partial charge in [-0.1, -0.05) is 32.0 Å². The van der Waals surface area contributed by atoms with Gasteiger partial charge in [0.25, 0.3) is 0 Å². The highest BCUT2D eigenvalue weighted by Crippen LogP contribution is 2.64. The number of rotatable bonds is 4. The number of hydrogen-bond acceptors (Lipinski definition) is 11. The predicted molar refractivity (Wildman–Crippen MR) is 145 cm³/mol. The van der Waals surface area contributed by atoms with Gasteiger partial charge in [0.1, 0.15) is 17.8 Å². The third-order valence-electron chi connectivity index (χ3n) is 10.2. The van der Waals surface area contributed by atoms with Crippen LogP contribution in [0.15, 0.2) is 41.5 Å². The second kappa shape index (κ2) is 9.97. The van der Waals surface area contributed by atoms with Crippen molar-refractivity contribution in [3.63, 3.8) is 0 Å². The lowest BCUT2D eigenvalue weighted by Crippen LogP contribution is -2.81. The summed E-state index contributed by atoms with van der Waals surface area (Å²) in [5.41, 5.74) is -6.38. The third kappa shape index (κ3) is 4.08. The summed E-state index contributed by atoms with van der Waals surface area (Å²) < 4.78 is 23.5. The zero-order valence-electron chi connectivity index (χ0n) is 24.6. The molecule has 3 unspecified atom stereocenters. The first-order valence-electron chi connectivity index (χ1n) is 14.1. The van der Waals surface area contributed by atoms with Crippen molar-refractivity contribution in [1.82, 2.24) is 0 Å². The van der Waals surface area contributed by atoms with Gasteiger partial charge in [0.05, 0.1) is 35.7 Å². The maximum absolute atomic E-state index is 14.8. The molecule has 11 heteroatoms. The first-order chi connectivity index (χ1) is 19.5. The number of benzene rings is 1. The van der Waals surface area contributed by atoms with Gasteiger partial charge >= 0.3 is 17.9 Å². The third-order valence-corrected chi connectivity index (χ3v) is 10.2. The molecule has 1 heterocycles. The standard InChI is InChI=1S/C31H38O11/c1-15-19(34)13-31(38)26(41-27(37)18-10-8-7-9-11-18)24-29(6,20(35)12-21-30(24,14-39-21)42-17(3)33)25(36)23(40-16(2)32)22(15)28(31,4)5/h7-11,19-21,23-24,26,34-35,38H,12-14H2,1-6H3/t19-,20-,21?,23+,24?,26?,29+,30-,31+/m0/s1.